The second kappa shape index (κ2) is 6.20. The van der Waals surface area contributed by atoms with Gasteiger partial charge in [-0.25, -0.2) is 0 Å². The Morgan fingerprint density at radius 3 is 2.40 bits per heavy atom. The van der Waals surface area contributed by atoms with Crippen LogP contribution < -0.4 is 56.8 Å². The molecule has 0 atom stereocenters. The van der Waals surface area contributed by atoms with E-state index in [0.717, 1.165) is 12.1 Å². The number of carbonyl (C=O) groups is 1. The number of carbonyl (C=O) groups excluding carboxylic acids is 1. The minimum Gasteiger partial charge on any atom is -0.445 e. The minimum atomic E-state index is -5.01. The molecule has 1 nitrogen and oxygen atoms in total. The summed E-state index contributed by atoms with van der Waals surface area (Å²) in [6.45, 7) is -3.39. The van der Waals surface area contributed by atoms with Crippen LogP contribution >= 0.6 is 0 Å². The SMILES string of the molecule is CCC(=O)c1cccc([B-](F)(F)F)c1.[K+]. The predicted octanol–water partition coefficient (Wildman–Crippen LogP) is -0.662. The van der Waals surface area contributed by atoms with Crippen molar-refractivity contribution < 1.29 is 69.1 Å². The first-order valence-corrected chi connectivity index (χ1v) is 4.28. The molecule has 0 aliphatic carbocycles. The van der Waals surface area contributed by atoms with E-state index in [4.69, 9.17) is 0 Å². The third-order valence-electron chi connectivity index (χ3n) is 1.91. The Morgan fingerprint density at radius 1 is 1.33 bits per heavy atom. The zero-order chi connectivity index (χ0) is 10.8. The predicted molar refractivity (Wildman–Crippen MR) is 49.8 cm³/mol. The Labute approximate surface area is 129 Å². The third kappa shape index (κ3) is 4.40. The molecule has 0 fully saturated rings. The van der Waals surface area contributed by atoms with Gasteiger partial charge in [-0.05, 0) is 0 Å². The average Bonchev–Trinajstić information content (AvgIpc) is 2.15. The minimum absolute atomic E-state index is 0. The molecule has 6 heteroatoms. The van der Waals surface area contributed by atoms with Crippen LogP contribution in [-0.2, 0) is 0 Å². The summed E-state index contributed by atoms with van der Waals surface area (Å²) in [6, 6.07) is 4.54. The van der Waals surface area contributed by atoms with E-state index in [1.54, 1.807) is 6.92 Å². The Kier molecular flexibility index (Phi) is 6.36. The normalized spacial score (nSPS) is 10.7. The number of ketones is 1. The van der Waals surface area contributed by atoms with Gasteiger partial charge < -0.3 is 12.9 Å². The first-order chi connectivity index (χ1) is 6.45. The zero-order valence-corrected chi connectivity index (χ0v) is 11.8. The summed E-state index contributed by atoms with van der Waals surface area (Å²) in [5, 5.41) is 0. The molecule has 0 N–H and O–H groups in total. The molecule has 0 saturated carbocycles. The first kappa shape index (κ1) is 15.4. The van der Waals surface area contributed by atoms with Crippen LogP contribution in [0.15, 0.2) is 24.3 Å². The third-order valence-corrected chi connectivity index (χ3v) is 1.91. The van der Waals surface area contributed by atoms with Crippen molar-refractivity contribution in [2.75, 3.05) is 0 Å². The summed E-state index contributed by atoms with van der Waals surface area (Å²) in [6.07, 6.45) is 0.217. The molecule has 1 aromatic rings. The van der Waals surface area contributed by atoms with E-state index in [1.165, 1.54) is 12.1 Å². The first-order valence-electron chi connectivity index (χ1n) is 4.28. The van der Waals surface area contributed by atoms with Crippen molar-refractivity contribution >= 4 is 18.2 Å². The second-order valence-electron chi connectivity index (χ2n) is 2.98. The molecule has 0 heterocycles. The number of hydrogen-bond donors (Lipinski definition) is 0. The monoisotopic (exact) mass is 240 g/mol. The molecule has 0 saturated heterocycles. The van der Waals surface area contributed by atoms with E-state index in [1.807, 2.05) is 0 Å². The van der Waals surface area contributed by atoms with Crippen LogP contribution in [0.4, 0.5) is 12.9 Å². The Hall–Kier alpha value is 0.381. The van der Waals surface area contributed by atoms with Crippen LogP contribution in [0.2, 0.25) is 0 Å². The van der Waals surface area contributed by atoms with E-state index in [-0.39, 0.29) is 69.2 Å². The maximum Gasteiger partial charge on any atom is 1.00 e. The summed E-state index contributed by atoms with van der Waals surface area (Å²) in [5.41, 5.74) is -0.589. The molecule has 0 aliphatic heterocycles. The molecule has 0 aromatic heterocycles. The molecule has 0 amide bonds. The average molecular weight is 240 g/mol. The van der Waals surface area contributed by atoms with Crippen molar-refractivity contribution in [1.82, 2.24) is 0 Å². The van der Waals surface area contributed by atoms with E-state index in [2.05, 4.69) is 0 Å². The molecule has 0 radical (unpaired) electrons. The van der Waals surface area contributed by atoms with Gasteiger partial charge in [0.1, 0.15) is 0 Å². The van der Waals surface area contributed by atoms with E-state index >= 15 is 0 Å². The van der Waals surface area contributed by atoms with Gasteiger partial charge in [-0.1, -0.05) is 31.2 Å². The van der Waals surface area contributed by atoms with Crippen LogP contribution in [-0.4, -0.2) is 12.8 Å². The molecule has 1 aromatic carbocycles. The second-order valence-corrected chi connectivity index (χ2v) is 2.98. The van der Waals surface area contributed by atoms with Crippen LogP contribution in [0.5, 0.6) is 0 Å². The van der Waals surface area contributed by atoms with Gasteiger partial charge in [0.2, 0.25) is 0 Å². The zero-order valence-electron chi connectivity index (χ0n) is 8.64. The van der Waals surface area contributed by atoms with Crippen LogP contribution in [0.1, 0.15) is 23.7 Å². The summed E-state index contributed by atoms with van der Waals surface area (Å²) in [5.74, 6) is -0.271. The van der Waals surface area contributed by atoms with Crippen molar-refractivity contribution in [3.05, 3.63) is 29.8 Å². The van der Waals surface area contributed by atoms with Crippen molar-refractivity contribution in [2.24, 2.45) is 0 Å². The van der Waals surface area contributed by atoms with Gasteiger partial charge in [0.25, 0.3) is 0 Å². The Bertz CT molecular complexity index is 351. The van der Waals surface area contributed by atoms with Gasteiger partial charge in [0.05, 0.1) is 0 Å². The van der Waals surface area contributed by atoms with Crippen molar-refractivity contribution in [1.29, 1.82) is 0 Å². The fourth-order valence-electron chi connectivity index (χ4n) is 1.12. The molecular formula is C9H9BF3KO. The topological polar surface area (TPSA) is 17.1 Å². The number of Topliss-reactive ketones (excluding diaryl/α,β-unsaturated/α-hetero) is 1. The molecule has 1 rings (SSSR count). The van der Waals surface area contributed by atoms with Gasteiger partial charge >= 0.3 is 58.4 Å². The number of hydrogen-bond acceptors (Lipinski definition) is 1. The largest absolute Gasteiger partial charge is 1.00 e. The maximum atomic E-state index is 12.3. The standard InChI is InChI=1S/C9H9BF3O.K/c1-2-9(14)7-4-3-5-8(6-7)10(11,12)13;/h3-6H,2H2,1H3;/q-1;+1. The van der Waals surface area contributed by atoms with Crippen molar-refractivity contribution in [2.45, 2.75) is 13.3 Å². The molecule has 15 heavy (non-hydrogen) atoms. The molecule has 0 unspecified atom stereocenters. The molecular weight excluding hydrogens is 231 g/mol. The summed E-state index contributed by atoms with van der Waals surface area (Å²) < 4.78 is 36.9. The van der Waals surface area contributed by atoms with Crippen molar-refractivity contribution in [3.63, 3.8) is 0 Å². The number of benzene rings is 1. The molecule has 0 spiro atoms. The van der Waals surface area contributed by atoms with E-state index < -0.39 is 12.4 Å². The Balaban J connectivity index is 0.00000196. The number of halogens is 3. The van der Waals surface area contributed by atoms with Gasteiger partial charge in [-0.3, -0.25) is 4.79 Å². The van der Waals surface area contributed by atoms with Gasteiger partial charge in [0, 0.05) is 12.0 Å². The quantitative estimate of drug-likeness (QED) is 0.506. The van der Waals surface area contributed by atoms with Crippen LogP contribution in [0.25, 0.3) is 0 Å². The maximum absolute atomic E-state index is 12.3. The van der Waals surface area contributed by atoms with Crippen molar-refractivity contribution in [3.8, 4) is 0 Å². The van der Waals surface area contributed by atoms with Gasteiger partial charge in [-0.2, -0.15) is 0 Å². The summed E-state index contributed by atoms with van der Waals surface area (Å²) >= 11 is 0. The molecule has 76 valence electrons. The fraction of sp³-hybridized carbons (Fsp3) is 0.222. The van der Waals surface area contributed by atoms with Gasteiger partial charge in [0.15, 0.2) is 5.78 Å². The summed E-state index contributed by atoms with van der Waals surface area (Å²) in [7, 11) is 0. The number of rotatable bonds is 3. The van der Waals surface area contributed by atoms with Crippen LogP contribution in [0, 0.1) is 0 Å². The molecule has 0 bridgehead atoms. The summed E-state index contributed by atoms with van der Waals surface area (Å²) in [4.78, 5) is 11.1. The smallest absolute Gasteiger partial charge is 0.445 e. The van der Waals surface area contributed by atoms with E-state index in [0.29, 0.717) is 0 Å². The fourth-order valence-corrected chi connectivity index (χ4v) is 1.12. The Morgan fingerprint density at radius 2 is 1.93 bits per heavy atom. The van der Waals surface area contributed by atoms with E-state index in [9.17, 15) is 17.7 Å². The van der Waals surface area contributed by atoms with Crippen LogP contribution in [0.3, 0.4) is 0 Å². The van der Waals surface area contributed by atoms with Gasteiger partial charge in [-0.15, -0.1) is 5.46 Å². The molecule has 0 aliphatic rings.